The van der Waals surface area contributed by atoms with Gasteiger partial charge in [-0.05, 0) is 25.5 Å². The fourth-order valence-electron chi connectivity index (χ4n) is 2.45. The molecule has 1 amide bonds. The van der Waals surface area contributed by atoms with E-state index in [1.165, 1.54) is 6.33 Å². The summed E-state index contributed by atoms with van der Waals surface area (Å²) in [6.45, 7) is 3.17. The highest BCUT2D eigenvalue weighted by Gasteiger charge is 2.26. The summed E-state index contributed by atoms with van der Waals surface area (Å²) in [5, 5.41) is 11.6. The van der Waals surface area contributed by atoms with Gasteiger partial charge < -0.3 is 10.2 Å². The number of carbonyl (C=O) groups is 1. The van der Waals surface area contributed by atoms with Crippen LogP contribution in [0.2, 0.25) is 0 Å². The summed E-state index contributed by atoms with van der Waals surface area (Å²) in [5.41, 5.74) is 1.15. The molecule has 1 N–H and O–H groups in total. The molecule has 2 aromatic rings. The molecular weight excluding hydrogens is 309 g/mol. The van der Waals surface area contributed by atoms with Gasteiger partial charge in [-0.3, -0.25) is 4.79 Å². The van der Waals surface area contributed by atoms with Crippen LogP contribution in [-0.4, -0.2) is 39.9 Å². The van der Waals surface area contributed by atoms with Crippen LogP contribution in [0, 0.1) is 17.1 Å². The lowest BCUT2D eigenvalue weighted by Crippen LogP contribution is -2.48. The van der Waals surface area contributed by atoms with E-state index in [0.717, 1.165) is 19.5 Å². The number of nitrogens with one attached hydrogen (secondary N) is 1. The zero-order valence-electron chi connectivity index (χ0n) is 13.2. The average Bonchev–Trinajstić information content (AvgIpc) is 2.55. The number of nitrogens with zero attached hydrogens (tertiary/aromatic N) is 4. The fraction of sp³-hybridized carbons (Fsp3) is 0.294. The molecule has 0 saturated carbocycles. The fourth-order valence-corrected chi connectivity index (χ4v) is 2.45. The van der Waals surface area contributed by atoms with Crippen molar-refractivity contribution >= 4 is 11.7 Å². The molecule has 24 heavy (non-hydrogen) atoms. The molecule has 1 aliphatic heterocycles. The van der Waals surface area contributed by atoms with Crippen LogP contribution >= 0.6 is 0 Å². The molecular formula is C17H16FN5O. The SMILES string of the molecule is C[C@@H](Nc1ncnc(-c2ccc(C#N)cc2)c1F)C(=O)N1CCC1. The number of likely N-dealkylation sites (tertiary alicyclic amines) is 1. The maximum Gasteiger partial charge on any atom is 0.244 e. The Morgan fingerprint density at radius 1 is 1.33 bits per heavy atom. The van der Waals surface area contributed by atoms with Crippen LogP contribution < -0.4 is 5.32 Å². The lowest BCUT2D eigenvalue weighted by Gasteiger charge is -2.33. The first-order valence-corrected chi connectivity index (χ1v) is 7.66. The van der Waals surface area contributed by atoms with Gasteiger partial charge in [0, 0.05) is 18.7 Å². The lowest BCUT2D eigenvalue weighted by molar-refractivity contribution is -0.135. The summed E-state index contributed by atoms with van der Waals surface area (Å²) >= 11 is 0. The van der Waals surface area contributed by atoms with Crippen LogP contribution in [0.4, 0.5) is 10.2 Å². The van der Waals surface area contributed by atoms with Crippen molar-refractivity contribution in [2.75, 3.05) is 18.4 Å². The first-order valence-electron chi connectivity index (χ1n) is 7.66. The Kier molecular flexibility index (Phi) is 4.38. The van der Waals surface area contributed by atoms with Crippen LogP contribution in [-0.2, 0) is 4.79 Å². The highest BCUT2D eigenvalue weighted by Crippen LogP contribution is 2.24. The zero-order valence-corrected chi connectivity index (χ0v) is 13.2. The molecule has 1 saturated heterocycles. The molecule has 0 bridgehead atoms. The summed E-state index contributed by atoms with van der Waals surface area (Å²) in [6.07, 6.45) is 2.25. The minimum atomic E-state index is -0.620. The quantitative estimate of drug-likeness (QED) is 0.932. The van der Waals surface area contributed by atoms with Gasteiger partial charge in [0.15, 0.2) is 11.6 Å². The molecule has 3 rings (SSSR count). The van der Waals surface area contributed by atoms with Crippen molar-refractivity contribution in [3.8, 4) is 17.3 Å². The number of aromatic nitrogens is 2. The predicted molar refractivity (Wildman–Crippen MR) is 86.4 cm³/mol. The molecule has 0 spiro atoms. The standard InChI is InChI=1S/C17H16FN5O/c1-11(17(24)23-7-2-8-23)22-16-14(18)15(20-10-21-16)13-5-3-12(9-19)4-6-13/h3-6,10-11H,2,7-8H2,1H3,(H,20,21,22)/t11-/m1/s1. The number of nitriles is 1. The third-order valence-corrected chi connectivity index (χ3v) is 3.97. The number of carbonyl (C=O) groups excluding carboxylic acids is 1. The Balaban J connectivity index is 1.82. The first-order chi connectivity index (χ1) is 11.6. The highest BCUT2D eigenvalue weighted by atomic mass is 19.1. The third-order valence-electron chi connectivity index (χ3n) is 3.97. The molecule has 7 heteroatoms. The van der Waals surface area contributed by atoms with Gasteiger partial charge in [0.05, 0.1) is 11.6 Å². The van der Waals surface area contributed by atoms with E-state index < -0.39 is 11.9 Å². The van der Waals surface area contributed by atoms with Gasteiger partial charge in [-0.15, -0.1) is 0 Å². The Hall–Kier alpha value is -3.01. The topological polar surface area (TPSA) is 81.9 Å². The number of amides is 1. The van der Waals surface area contributed by atoms with E-state index in [2.05, 4.69) is 15.3 Å². The Labute approximate surface area is 139 Å². The van der Waals surface area contributed by atoms with E-state index in [0.29, 0.717) is 11.1 Å². The van der Waals surface area contributed by atoms with Crippen molar-refractivity contribution in [1.29, 1.82) is 5.26 Å². The van der Waals surface area contributed by atoms with Crippen molar-refractivity contribution in [1.82, 2.24) is 14.9 Å². The molecule has 1 aromatic heterocycles. The molecule has 122 valence electrons. The Bertz CT molecular complexity index is 796. The second kappa shape index (κ2) is 6.62. The molecule has 0 radical (unpaired) electrons. The smallest absolute Gasteiger partial charge is 0.244 e. The molecule has 1 fully saturated rings. The van der Waals surface area contributed by atoms with Crippen molar-refractivity contribution in [3.05, 3.63) is 42.0 Å². The number of hydrogen-bond donors (Lipinski definition) is 1. The molecule has 1 atom stereocenters. The average molecular weight is 325 g/mol. The van der Waals surface area contributed by atoms with Gasteiger partial charge in [0.2, 0.25) is 5.91 Å². The molecule has 1 aliphatic rings. The molecule has 0 aliphatic carbocycles. The van der Waals surface area contributed by atoms with Gasteiger partial charge in [0.1, 0.15) is 18.1 Å². The van der Waals surface area contributed by atoms with Crippen LogP contribution in [0.15, 0.2) is 30.6 Å². The summed E-state index contributed by atoms with van der Waals surface area (Å²) in [5.74, 6) is -0.699. The minimum absolute atomic E-state index is 0.00858. The maximum atomic E-state index is 14.7. The summed E-state index contributed by atoms with van der Waals surface area (Å²) < 4.78 is 14.7. The number of anilines is 1. The van der Waals surface area contributed by atoms with E-state index in [4.69, 9.17) is 5.26 Å². The van der Waals surface area contributed by atoms with Crippen molar-refractivity contribution in [2.24, 2.45) is 0 Å². The van der Waals surface area contributed by atoms with Crippen molar-refractivity contribution < 1.29 is 9.18 Å². The van der Waals surface area contributed by atoms with E-state index in [-0.39, 0.29) is 17.4 Å². The number of rotatable bonds is 4. The van der Waals surface area contributed by atoms with Crippen LogP contribution in [0.3, 0.4) is 0 Å². The molecule has 2 heterocycles. The van der Waals surface area contributed by atoms with Gasteiger partial charge in [-0.25, -0.2) is 14.4 Å². The van der Waals surface area contributed by atoms with Crippen molar-refractivity contribution in [3.63, 3.8) is 0 Å². The van der Waals surface area contributed by atoms with Gasteiger partial charge >= 0.3 is 0 Å². The van der Waals surface area contributed by atoms with Gasteiger partial charge in [-0.1, -0.05) is 12.1 Å². The largest absolute Gasteiger partial charge is 0.356 e. The number of halogens is 1. The van der Waals surface area contributed by atoms with Crippen LogP contribution in [0.5, 0.6) is 0 Å². The summed E-state index contributed by atoms with van der Waals surface area (Å²) in [7, 11) is 0. The van der Waals surface area contributed by atoms with Gasteiger partial charge in [0.25, 0.3) is 0 Å². The number of benzene rings is 1. The van der Waals surface area contributed by atoms with Crippen LogP contribution in [0.1, 0.15) is 18.9 Å². The minimum Gasteiger partial charge on any atom is -0.356 e. The molecule has 6 nitrogen and oxygen atoms in total. The lowest BCUT2D eigenvalue weighted by atomic mass is 10.1. The monoisotopic (exact) mass is 325 g/mol. The third kappa shape index (κ3) is 3.04. The summed E-state index contributed by atoms with van der Waals surface area (Å²) in [4.78, 5) is 21.7. The Morgan fingerprint density at radius 2 is 2.04 bits per heavy atom. The van der Waals surface area contributed by atoms with E-state index in [9.17, 15) is 9.18 Å². The molecule has 0 unspecified atom stereocenters. The van der Waals surface area contributed by atoms with Crippen LogP contribution in [0.25, 0.3) is 11.3 Å². The number of hydrogen-bond acceptors (Lipinski definition) is 5. The van der Waals surface area contributed by atoms with E-state index in [1.807, 2.05) is 6.07 Å². The first kappa shape index (κ1) is 15.9. The summed E-state index contributed by atoms with van der Waals surface area (Å²) in [6, 6.07) is 7.89. The maximum absolute atomic E-state index is 14.7. The van der Waals surface area contributed by atoms with Gasteiger partial charge in [-0.2, -0.15) is 5.26 Å². The van der Waals surface area contributed by atoms with E-state index in [1.54, 1.807) is 36.1 Å². The van der Waals surface area contributed by atoms with E-state index >= 15 is 0 Å². The Morgan fingerprint density at radius 3 is 2.62 bits per heavy atom. The second-order valence-corrected chi connectivity index (χ2v) is 5.62. The normalized spacial score (nSPS) is 14.5. The highest BCUT2D eigenvalue weighted by molar-refractivity contribution is 5.84. The zero-order chi connectivity index (χ0) is 17.1. The van der Waals surface area contributed by atoms with Crippen molar-refractivity contribution in [2.45, 2.75) is 19.4 Å². The second-order valence-electron chi connectivity index (χ2n) is 5.62. The molecule has 1 aromatic carbocycles. The predicted octanol–water partition coefficient (Wildman–Crippen LogP) is 2.19.